The van der Waals surface area contributed by atoms with E-state index in [1.165, 1.54) is 13.8 Å². The Morgan fingerprint density at radius 3 is 1.62 bits per heavy atom. The Labute approximate surface area is 182 Å². The largest absolute Gasteiger partial charge is 0.481 e. The zero-order chi connectivity index (χ0) is 25.2. The fraction of sp³-hybridized carbons (Fsp3) is 0.588. The topological polar surface area (TPSA) is 274 Å². The first kappa shape index (κ1) is 28.2. The van der Waals surface area contributed by atoms with Crippen LogP contribution in [0.5, 0.6) is 0 Å². The number of carboxylic acid groups (broad SMARTS) is 2. The van der Waals surface area contributed by atoms with Crippen LogP contribution in [0.4, 0.5) is 0 Å². The second-order valence-electron chi connectivity index (χ2n) is 7.24. The van der Waals surface area contributed by atoms with Crippen LogP contribution in [-0.4, -0.2) is 75.9 Å². The van der Waals surface area contributed by atoms with Crippen molar-refractivity contribution in [3.8, 4) is 0 Å². The summed E-state index contributed by atoms with van der Waals surface area (Å²) in [6.45, 7) is 3.00. The Morgan fingerprint density at radius 1 is 0.719 bits per heavy atom. The van der Waals surface area contributed by atoms with Crippen molar-refractivity contribution in [2.24, 2.45) is 23.1 Å². The van der Waals surface area contributed by atoms with E-state index in [2.05, 4.69) is 10.6 Å². The number of amides is 5. The molecule has 0 aromatic rings. The molecule has 5 amide bonds. The van der Waals surface area contributed by atoms with E-state index in [9.17, 15) is 33.6 Å². The van der Waals surface area contributed by atoms with Crippen molar-refractivity contribution in [1.29, 1.82) is 0 Å². The van der Waals surface area contributed by atoms with E-state index in [0.717, 1.165) is 0 Å². The summed E-state index contributed by atoms with van der Waals surface area (Å²) in [4.78, 5) is 81.3. The molecule has 0 rings (SSSR count). The van der Waals surface area contributed by atoms with Gasteiger partial charge in [0, 0.05) is 0 Å². The Morgan fingerprint density at radius 2 is 1.22 bits per heavy atom. The summed E-state index contributed by atoms with van der Waals surface area (Å²) in [5.74, 6) is -8.56. The molecule has 0 fully saturated rings. The number of nitrogens with one attached hydrogen (secondary N) is 3. The fourth-order valence-corrected chi connectivity index (χ4v) is 2.42. The number of carbonyl (C=O) groups is 7. The maximum Gasteiger partial charge on any atom is 0.326 e. The predicted octanol–water partition coefficient (Wildman–Crippen LogP) is -4.27. The van der Waals surface area contributed by atoms with Gasteiger partial charge < -0.3 is 43.4 Å². The van der Waals surface area contributed by atoms with Gasteiger partial charge >= 0.3 is 11.9 Å². The summed E-state index contributed by atoms with van der Waals surface area (Å²) >= 11 is 0. The van der Waals surface area contributed by atoms with Crippen LogP contribution < -0.4 is 33.2 Å². The molecule has 4 atom stereocenters. The molecule has 0 heterocycles. The van der Waals surface area contributed by atoms with Crippen LogP contribution in [0, 0.1) is 5.92 Å². The second-order valence-corrected chi connectivity index (χ2v) is 7.24. The maximum atomic E-state index is 12.6. The molecule has 15 heteroatoms. The molecule has 180 valence electrons. The number of carboxylic acids is 2. The first-order valence-electron chi connectivity index (χ1n) is 9.33. The highest BCUT2D eigenvalue weighted by Gasteiger charge is 2.33. The molecular weight excluding hydrogens is 432 g/mol. The van der Waals surface area contributed by atoms with Gasteiger partial charge in [0.1, 0.15) is 18.1 Å². The molecule has 0 saturated heterocycles. The number of carbonyl (C=O) groups excluding carboxylic acids is 5. The van der Waals surface area contributed by atoms with Crippen LogP contribution >= 0.6 is 0 Å². The van der Waals surface area contributed by atoms with Crippen LogP contribution in [0.2, 0.25) is 0 Å². The Balaban J connectivity index is 5.47. The lowest BCUT2D eigenvalue weighted by atomic mass is 10.0. The average Bonchev–Trinajstić information content (AvgIpc) is 2.62. The van der Waals surface area contributed by atoms with Crippen LogP contribution in [0.1, 0.15) is 33.1 Å². The Kier molecular flexibility index (Phi) is 11.3. The number of primary amides is 2. The third-order valence-corrected chi connectivity index (χ3v) is 4.04. The van der Waals surface area contributed by atoms with Crippen molar-refractivity contribution in [1.82, 2.24) is 16.0 Å². The molecule has 11 N–H and O–H groups in total. The summed E-state index contributed by atoms with van der Waals surface area (Å²) < 4.78 is 0. The van der Waals surface area contributed by atoms with E-state index in [1.54, 1.807) is 0 Å². The number of hydrogen-bond acceptors (Lipinski definition) is 8. The van der Waals surface area contributed by atoms with Gasteiger partial charge in [-0.2, -0.15) is 0 Å². The maximum absolute atomic E-state index is 12.6. The smallest absolute Gasteiger partial charge is 0.326 e. The molecule has 0 aliphatic rings. The molecule has 0 aromatic carbocycles. The standard InChI is InChI=1S/C17H28N6O9/c1-6(2)13(16(30)22-9(17(31)32)5-12(26)27)23-15(29)8(4-11(20)25)21-14(28)7(18)3-10(19)24/h6-9,13H,3-5,18H2,1-2H3,(H2,19,24)(H2,20,25)(H,21,28)(H,22,30)(H,23,29)(H,26,27)(H,31,32). The van der Waals surface area contributed by atoms with Crippen LogP contribution in [0.15, 0.2) is 0 Å². The SMILES string of the molecule is CC(C)C(NC(=O)C(CC(N)=O)NC(=O)C(N)CC(N)=O)C(=O)NC(CC(=O)O)C(=O)O. The van der Waals surface area contributed by atoms with Gasteiger partial charge in [-0.15, -0.1) is 0 Å². The van der Waals surface area contributed by atoms with Gasteiger partial charge in [0.25, 0.3) is 0 Å². The molecule has 0 aliphatic carbocycles. The van der Waals surface area contributed by atoms with E-state index < -0.39 is 90.8 Å². The molecule has 0 radical (unpaired) electrons. The monoisotopic (exact) mass is 460 g/mol. The molecule has 4 unspecified atom stereocenters. The van der Waals surface area contributed by atoms with Gasteiger partial charge in [-0.25, -0.2) is 4.79 Å². The van der Waals surface area contributed by atoms with Crippen LogP contribution in [0.25, 0.3) is 0 Å². The Hall–Kier alpha value is -3.75. The Bertz CT molecular complexity index is 770. The van der Waals surface area contributed by atoms with E-state index in [0.29, 0.717) is 0 Å². The van der Waals surface area contributed by atoms with Crippen molar-refractivity contribution < 1.29 is 43.8 Å². The molecule has 0 aromatic heterocycles. The summed E-state index contributed by atoms with van der Waals surface area (Å²) in [5, 5.41) is 24.2. The van der Waals surface area contributed by atoms with Gasteiger partial charge in [0.15, 0.2) is 0 Å². The zero-order valence-electron chi connectivity index (χ0n) is 17.5. The molecule has 0 bridgehead atoms. The van der Waals surface area contributed by atoms with Gasteiger partial charge in [-0.1, -0.05) is 13.8 Å². The highest BCUT2D eigenvalue weighted by atomic mass is 16.4. The fourth-order valence-electron chi connectivity index (χ4n) is 2.42. The highest BCUT2D eigenvalue weighted by molar-refractivity contribution is 5.97. The van der Waals surface area contributed by atoms with Crippen molar-refractivity contribution in [2.75, 3.05) is 0 Å². The van der Waals surface area contributed by atoms with E-state index in [1.807, 2.05) is 5.32 Å². The first-order valence-corrected chi connectivity index (χ1v) is 9.33. The molecule has 32 heavy (non-hydrogen) atoms. The van der Waals surface area contributed by atoms with Crippen LogP contribution in [-0.2, 0) is 33.6 Å². The quantitative estimate of drug-likeness (QED) is 0.123. The number of nitrogens with two attached hydrogens (primary N) is 3. The molecule has 15 nitrogen and oxygen atoms in total. The number of rotatable bonds is 14. The predicted molar refractivity (Wildman–Crippen MR) is 106 cm³/mol. The molecule has 0 aliphatic heterocycles. The van der Waals surface area contributed by atoms with Gasteiger partial charge in [0.05, 0.1) is 25.3 Å². The first-order chi connectivity index (χ1) is 14.6. The average molecular weight is 460 g/mol. The summed E-state index contributed by atoms with van der Waals surface area (Å²) in [7, 11) is 0. The summed E-state index contributed by atoms with van der Waals surface area (Å²) in [6, 6.07) is -6.09. The van der Waals surface area contributed by atoms with E-state index in [4.69, 9.17) is 27.4 Å². The molecule has 0 saturated carbocycles. The number of hydrogen-bond donors (Lipinski definition) is 8. The van der Waals surface area contributed by atoms with Crippen molar-refractivity contribution in [2.45, 2.75) is 57.3 Å². The third kappa shape index (κ3) is 10.3. The summed E-state index contributed by atoms with van der Waals surface area (Å²) in [5.41, 5.74) is 15.5. The van der Waals surface area contributed by atoms with Crippen molar-refractivity contribution >= 4 is 41.5 Å². The minimum atomic E-state index is -1.76. The summed E-state index contributed by atoms with van der Waals surface area (Å²) in [6.07, 6.45) is -2.12. The lowest BCUT2D eigenvalue weighted by Gasteiger charge is -2.26. The van der Waals surface area contributed by atoms with E-state index >= 15 is 0 Å². The normalized spacial score (nSPS) is 14.4. The number of aliphatic carboxylic acids is 2. The lowest BCUT2D eigenvalue weighted by molar-refractivity contribution is -0.147. The molecular formula is C17H28N6O9. The molecule has 0 spiro atoms. The van der Waals surface area contributed by atoms with Crippen molar-refractivity contribution in [3.63, 3.8) is 0 Å². The third-order valence-electron chi connectivity index (χ3n) is 4.04. The van der Waals surface area contributed by atoms with Crippen molar-refractivity contribution in [3.05, 3.63) is 0 Å². The van der Waals surface area contributed by atoms with Gasteiger partial charge in [-0.05, 0) is 5.92 Å². The van der Waals surface area contributed by atoms with Gasteiger partial charge in [-0.3, -0.25) is 28.8 Å². The van der Waals surface area contributed by atoms with Gasteiger partial charge in [0.2, 0.25) is 29.5 Å². The second kappa shape index (κ2) is 12.8. The highest BCUT2D eigenvalue weighted by Crippen LogP contribution is 2.06. The van der Waals surface area contributed by atoms with Crippen LogP contribution in [0.3, 0.4) is 0 Å². The lowest BCUT2D eigenvalue weighted by Crippen LogP contribution is -2.59. The minimum Gasteiger partial charge on any atom is -0.481 e. The zero-order valence-corrected chi connectivity index (χ0v) is 17.5. The minimum absolute atomic E-state index is 0.534. The van der Waals surface area contributed by atoms with E-state index in [-0.39, 0.29) is 0 Å².